The summed E-state index contributed by atoms with van der Waals surface area (Å²) in [4.78, 5) is 15.7. The van der Waals surface area contributed by atoms with Crippen molar-refractivity contribution in [3.63, 3.8) is 0 Å². The van der Waals surface area contributed by atoms with Crippen LogP contribution < -0.4 is 5.32 Å². The Bertz CT molecular complexity index is 570. The van der Waals surface area contributed by atoms with Crippen molar-refractivity contribution < 1.29 is 9.32 Å². The second kappa shape index (κ2) is 5.01. The molecule has 0 bridgehead atoms. The zero-order chi connectivity index (χ0) is 12.4. The van der Waals surface area contributed by atoms with Gasteiger partial charge >= 0.3 is 6.01 Å². The number of benzene rings is 1. The topological polar surface area (TPSA) is 68.0 Å². The van der Waals surface area contributed by atoms with Gasteiger partial charge in [0.2, 0.25) is 0 Å². The van der Waals surface area contributed by atoms with Crippen molar-refractivity contribution in [3.8, 4) is 0 Å². The number of nitrogens with one attached hydrogen (secondary N) is 1. The first-order valence-corrected chi connectivity index (χ1v) is 6.08. The second-order valence-corrected chi connectivity index (χ2v) is 4.80. The van der Waals surface area contributed by atoms with Crippen molar-refractivity contribution >= 4 is 46.1 Å². The van der Waals surface area contributed by atoms with Gasteiger partial charge in [-0.25, -0.2) is 0 Å². The van der Waals surface area contributed by atoms with Gasteiger partial charge in [0.25, 0.3) is 5.91 Å². The van der Waals surface area contributed by atoms with Gasteiger partial charge in [-0.15, -0.1) is 0 Å². The number of anilines is 1. The van der Waals surface area contributed by atoms with E-state index in [4.69, 9.17) is 16.1 Å². The molecule has 2 aromatic rings. The zero-order valence-electron chi connectivity index (χ0n) is 8.70. The van der Waals surface area contributed by atoms with Crippen LogP contribution in [0.15, 0.2) is 22.7 Å². The van der Waals surface area contributed by atoms with Crippen LogP contribution in [0.25, 0.3) is 0 Å². The summed E-state index contributed by atoms with van der Waals surface area (Å²) in [6, 6.07) is 5.09. The summed E-state index contributed by atoms with van der Waals surface area (Å²) in [5.41, 5.74) is 0.436. The van der Waals surface area contributed by atoms with Gasteiger partial charge in [-0.05, 0) is 47.7 Å². The highest BCUT2D eigenvalue weighted by Gasteiger charge is 2.11. The van der Waals surface area contributed by atoms with E-state index in [9.17, 15) is 4.79 Å². The first kappa shape index (κ1) is 12.3. The highest BCUT2D eigenvalue weighted by atomic mass is 127. The van der Waals surface area contributed by atoms with Crippen LogP contribution in [-0.2, 0) is 0 Å². The van der Waals surface area contributed by atoms with E-state index in [0.29, 0.717) is 16.4 Å². The number of amides is 1. The van der Waals surface area contributed by atoms with Crippen molar-refractivity contribution in [1.82, 2.24) is 10.1 Å². The first-order chi connectivity index (χ1) is 8.06. The molecule has 1 aromatic heterocycles. The minimum absolute atomic E-state index is 0.0715. The molecule has 88 valence electrons. The van der Waals surface area contributed by atoms with Crippen molar-refractivity contribution in [3.05, 3.63) is 38.2 Å². The van der Waals surface area contributed by atoms with E-state index in [1.54, 1.807) is 25.1 Å². The van der Waals surface area contributed by atoms with Crippen molar-refractivity contribution in [1.29, 1.82) is 0 Å². The molecule has 1 N–H and O–H groups in total. The maximum Gasteiger partial charge on any atom is 0.328 e. The Morgan fingerprint density at radius 2 is 2.29 bits per heavy atom. The number of aryl methyl sites for hydroxylation is 1. The number of halogens is 2. The van der Waals surface area contributed by atoms with Gasteiger partial charge in [-0.1, -0.05) is 16.8 Å². The molecule has 17 heavy (non-hydrogen) atoms. The van der Waals surface area contributed by atoms with E-state index >= 15 is 0 Å². The molecule has 0 saturated carbocycles. The molecule has 5 nitrogen and oxygen atoms in total. The Morgan fingerprint density at radius 3 is 2.88 bits per heavy atom. The van der Waals surface area contributed by atoms with E-state index in [1.165, 1.54) is 0 Å². The molecule has 1 heterocycles. The average Bonchev–Trinajstić information content (AvgIpc) is 2.68. The third-order valence-electron chi connectivity index (χ3n) is 1.93. The Morgan fingerprint density at radius 1 is 1.53 bits per heavy atom. The summed E-state index contributed by atoms with van der Waals surface area (Å²) < 4.78 is 5.67. The maximum absolute atomic E-state index is 11.8. The molecule has 0 unspecified atom stereocenters. The number of hydrogen-bond acceptors (Lipinski definition) is 4. The normalized spacial score (nSPS) is 10.3. The molecule has 0 aliphatic heterocycles. The number of hydrogen-bond donors (Lipinski definition) is 1. The third-order valence-corrected chi connectivity index (χ3v) is 3.50. The summed E-state index contributed by atoms with van der Waals surface area (Å²) in [5.74, 6) is 0.118. The lowest BCUT2D eigenvalue weighted by Crippen LogP contribution is -2.12. The Labute approximate surface area is 116 Å². The van der Waals surface area contributed by atoms with Crippen molar-refractivity contribution in [2.24, 2.45) is 0 Å². The third kappa shape index (κ3) is 2.95. The van der Waals surface area contributed by atoms with Gasteiger partial charge in [0.1, 0.15) is 0 Å². The molecule has 0 fully saturated rings. The molecule has 0 saturated heterocycles. The molecule has 0 aliphatic carbocycles. The fourth-order valence-corrected chi connectivity index (χ4v) is 1.67. The Balaban J connectivity index is 2.17. The van der Waals surface area contributed by atoms with E-state index in [2.05, 4.69) is 38.0 Å². The fourth-order valence-electron chi connectivity index (χ4n) is 1.15. The molecule has 0 radical (unpaired) electrons. The number of carbonyl (C=O) groups is 1. The highest BCUT2D eigenvalue weighted by Crippen LogP contribution is 2.20. The van der Waals surface area contributed by atoms with E-state index in [0.717, 1.165) is 3.57 Å². The molecule has 0 aliphatic rings. The molecule has 1 aromatic carbocycles. The predicted molar refractivity (Wildman–Crippen MR) is 71.2 cm³/mol. The lowest BCUT2D eigenvalue weighted by Gasteiger charge is -2.02. The van der Waals surface area contributed by atoms with Crippen LogP contribution in [0, 0.1) is 10.5 Å². The van der Waals surface area contributed by atoms with E-state index in [1.807, 2.05) is 0 Å². The number of rotatable bonds is 2. The quantitative estimate of drug-likeness (QED) is 0.833. The lowest BCUT2D eigenvalue weighted by atomic mass is 10.2. The number of nitrogens with zero attached hydrogens (tertiary/aromatic N) is 2. The summed E-state index contributed by atoms with van der Waals surface area (Å²) >= 11 is 8.01. The average molecular weight is 364 g/mol. The summed E-state index contributed by atoms with van der Waals surface area (Å²) in [6.07, 6.45) is 0. The lowest BCUT2D eigenvalue weighted by molar-refractivity contribution is 0.102. The molecule has 0 atom stereocenters. The smallest absolute Gasteiger partial charge is 0.315 e. The van der Waals surface area contributed by atoms with Gasteiger partial charge in [0.05, 0.1) is 5.02 Å². The molecular formula is C10H7ClIN3O2. The molecule has 1 amide bonds. The minimum atomic E-state index is -0.341. The van der Waals surface area contributed by atoms with Gasteiger partial charge in [0.15, 0.2) is 5.82 Å². The van der Waals surface area contributed by atoms with Crippen LogP contribution >= 0.6 is 34.2 Å². The first-order valence-electron chi connectivity index (χ1n) is 4.63. The van der Waals surface area contributed by atoms with Crippen LogP contribution in [0.3, 0.4) is 0 Å². The zero-order valence-corrected chi connectivity index (χ0v) is 11.6. The number of carbonyl (C=O) groups excluding carboxylic acids is 1. The van der Waals surface area contributed by atoms with E-state index in [-0.39, 0.29) is 11.9 Å². The highest BCUT2D eigenvalue weighted by molar-refractivity contribution is 14.1. The van der Waals surface area contributed by atoms with Crippen LogP contribution in [-0.4, -0.2) is 16.0 Å². The minimum Gasteiger partial charge on any atom is -0.315 e. The molecule has 2 rings (SSSR count). The van der Waals surface area contributed by atoms with Crippen molar-refractivity contribution in [2.45, 2.75) is 6.92 Å². The van der Waals surface area contributed by atoms with Crippen LogP contribution in [0.1, 0.15) is 16.2 Å². The number of aromatic nitrogens is 2. The SMILES string of the molecule is Cc1noc(NC(=O)c2ccc(I)c(Cl)c2)n1. The molecule has 0 spiro atoms. The van der Waals surface area contributed by atoms with Gasteiger partial charge in [-0.2, -0.15) is 4.98 Å². The molecule has 7 heteroatoms. The van der Waals surface area contributed by atoms with Crippen molar-refractivity contribution in [2.75, 3.05) is 5.32 Å². The summed E-state index contributed by atoms with van der Waals surface area (Å²) in [6.45, 7) is 1.67. The van der Waals surface area contributed by atoms with E-state index < -0.39 is 0 Å². The van der Waals surface area contributed by atoms with Crippen LogP contribution in [0.5, 0.6) is 0 Å². The second-order valence-electron chi connectivity index (χ2n) is 3.23. The largest absolute Gasteiger partial charge is 0.328 e. The Hall–Kier alpha value is -1.15. The maximum atomic E-state index is 11.8. The van der Waals surface area contributed by atoms with Gasteiger partial charge in [0, 0.05) is 9.13 Å². The van der Waals surface area contributed by atoms with Gasteiger partial charge < -0.3 is 4.52 Å². The fraction of sp³-hybridized carbons (Fsp3) is 0.100. The monoisotopic (exact) mass is 363 g/mol. The summed E-state index contributed by atoms with van der Waals surface area (Å²) in [7, 11) is 0. The van der Waals surface area contributed by atoms with Crippen LogP contribution in [0.4, 0.5) is 6.01 Å². The standard InChI is InChI=1S/C10H7ClIN3O2/c1-5-13-10(17-15-5)14-9(16)6-2-3-8(12)7(11)4-6/h2-4H,1H3,(H,13,14,15,16). The van der Waals surface area contributed by atoms with Gasteiger partial charge in [-0.3, -0.25) is 10.1 Å². The predicted octanol–water partition coefficient (Wildman–Crippen LogP) is 2.89. The molecular weight excluding hydrogens is 356 g/mol. The Kier molecular flexibility index (Phi) is 3.63. The summed E-state index contributed by atoms with van der Waals surface area (Å²) in [5, 5.41) is 6.58. The van der Waals surface area contributed by atoms with Crippen LogP contribution in [0.2, 0.25) is 5.02 Å².